The molecule has 1 aliphatic carbocycles. The predicted octanol–water partition coefficient (Wildman–Crippen LogP) is 12.1. The summed E-state index contributed by atoms with van der Waals surface area (Å²) in [5, 5.41) is 4.41. The van der Waals surface area contributed by atoms with E-state index in [1.807, 2.05) is 42.5 Å². The SMILES string of the molecule is [2H]C([2H])(c1ccccc1)c1ccc2c(n1)sc1c(-c3nc4c5ccccc5ccc4n3-c3c(C)cc4c(c3C)C(C)(C)c3ccccc3-4)cccc12. The van der Waals surface area contributed by atoms with Crippen molar-refractivity contribution < 1.29 is 2.74 Å². The fourth-order valence-electron chi connectivity index (χ4n) is 8.55. The van der Waals surface area contributed by atoms with Crippen LogP contribution in [-0.4, -0.2) is 14.5 Å². The summed E-state index contributed by atoms with van der Waals surface area (Å²) in [6.07, 6.45) is -1.72. The van der Waals surface area contributed by atoms with Crippen LogP contribution in [0.25, 0.3) is 70.3 Å². The molecule has 0 saturated carbocycles. The molecule has 3 aromatic heterocycles. The molecule has 3 heterocycles. The summed E-state index contributed by atoms with van der Waals surface area (Å²) in [7, 11) is 0. The molecule has 0 N–H and O–H groups in total. The Kier molecular flexibility index (Phi) is 5.84. The molecule has 6 aromatic carbocycles. The van der Waals surface area contributed by atoms with Gasteiger partial charge in [0.1, 0.15) is 10.7 Å². The van der Waals surface area contributed by atoms with Crippen LogP contribution in [0.4, 0.5) is 0 Å². The largest absolute Gasteiger partial charge is 0.292 e. The molecule has 10 rings (SSSR count). The van der Waals surface area contributed by atoms with Crippen LogP contribution in [-0.2, 0) is 11.8 Å². The summed E-state index contributed by atoms with van der Waals surface area (Å²) in [6, 6.07) is 43.8. The number of fused-ring (bicyclic) bond motifs is 9. The lowest BCUT2D eigenvalue weighted by molar-refractivity contribution is 0.654. The second-order valence-corrected chi connectivity index (χ2v) is 15.0. The van der Waals surface area contributed by atoms with Crippen molar-refractivity contribution in [2.24, 2.45) is 0 Å². The number of thiophene rings is 1. The van der Waals surface area contributed by atoms with E-state index in [-0.39, 0.29) is 5.41 Å². The normalized spacial score (nSPS) is 14.3. The summed E-state index contributed by atoms with van der Waals surface area (Å²) >= 11 is 1.61. The highest BCUT2D eigenvalue weighted by Crippen LogP contribution is 2.52. The van der Waals surface area contributed by atoms with E-state index in [1.54, 1.807) is 11.3 Å². The van der Waals surface area contributed by atoms with Gasteiger partial charge in [0.15, 0.2) is 0 Å². The van der Waals surface area contributed by atoms with Crippen molar-refractivity contribution in [2.75, 3.05) is 0 Å². The molecular weight excluding hydrogens is 627 g/mol. The predicted molar refractivity (Wildman–Crippen MR) is 211 cm³/mol. The maximum absolute atomic E-state index is 9.00. The molecule has 0 saturated heterocycles. The Morgan fingerprint density at radius 1 is 0.700 bits per heavy atom. The van der Waals surface area contributed by atoms with E-state index in [9.17, 15) is 0 Å². The van der Waals surface area contributed by atoms with Gasteiger partial charge in [0.25, 0.3) is 0 Å². The third-order valence-corrected chi connectivity index (χ3v) is 11.8. The number of benzene rings is 6. The van der Waals surface area contributed by atoms with E-state index in [1.165, 1.54) is 39.1 Å². The van der Waals surface area contributed by atoms with Gasteiger partial charge in [0.05, 0.1) is 16.7 Å². The van der Waals surface area contributed by atoms with Crippen molar-refractivity contribution in [3.8, 4) is 28.2 Å². The van der Waals surface area contributed by atoms with Gasteiger partial charge in [-0.3, -0.25) is 4.57 Å². The second-order valence-electron chi connectivity index (χ2n) is 14.0. The fourth-order valence-corrected chi connectivity index (χ4v) is 9.73. The molecule has 0 unspecified atom stereocenters. The van der Waals surface area contributed by atoms with Crippen LogP contribution in [0.15, 0.2) is 127 Å². The van der Waals surface area contributed by atoms with E-state index in [0.29, 0.717) is 11.3 Å². The smallest absolute Gasteiger partial charge is 0.147 e. The van der Waals surface area contributed by atoms with Gasteiger partial charge >= 0.3 is 0 Å². The van der Waals surface area contributed by atoms with Gasteiger partial charge in [0, 0.05) is 46.6 Å². The fraction of sp³-hybridized carbons (Fsp3) is 0.130. The zero-order valence-electron chi connectivity index (χ0n) is 30.4. The van der Waals surface area contributed by atoms with Gasteiger partial charge in [-0.25, -0.2) is 9.97 Å². The molecule has 0 aliphatic heterocycles. The molecule has 0 amide bonds. The highest BCUT2D eigenvalue weighted by molar-refractivity contribution is 7.26. The van der Waals surface area contributed by atoms with Crippen LogP contribution in [0.1, 0.15) is 50.1 Å². The van der Waals surface area contributed by atoms with Gasteiger partial charge in [-0.15, -0.1) is 11.3 Å². The Morgan fingerprint density at radius 2 is 1.46 bits per heavy atom. The van der Waals surface area contributed by atoms with Crippen molar-refractivity contribution in [1.29, 1.82) is 0 Å². The van der Waals surface area contributed by atoms with E-state index in [2.05, 4.69) is 117 Å². The lowest BCUT2D eigenvalue weighted by atomic mass is 9.79. The summed E-state index contributed by atoms with van der Waals surface area (Å²) in [5.41, 5.74) is 12.9. The highest BCUT2D eigenvalue weighted by atomic mass is 32.1. The lowest BCUT2D eigenvalue weighted by Gasteiger charge is -2.26. The number of hydrogen-bond acceptors (Lipinski definition) is 3. The number of nitrogens with zero attached hydrogens (tertiary/aromatic N) is 3. The number of aryl methyl sites for hydroxylation is 1. The maximum Gasteiger partial charge on any atom is 0.147 e. The lowest BCUT2D eigenvalue weighted by Crippen LogP contribution is -2.18. The Morgan fingerprint density at radius 3 is 2.34 bits per heavy atom. The first-order chi connectivity index (χ1) is 25.1. The molecule has 9 aromatic rings. The molecule has 0 bridgehead atoms. The molecule has 1 aliphatic rings. The Bertz CT molecular complexity index is 2940. The molecule has 0 spiro atoms. The van der Waals surface area contributed by atoms with Crippen LogP contribution in [0.3, 0.4) is 0 Å². The molecule has 0 radical (unpaired) electrons. The molecule has 4 heteroatoms. The van der Waals surface area contributed by atoms with Gasteiger partial charge in [-0.1, -0.05) is 111 Å². The third-order valence-electron chi connectivity index (χ3n) is 10.7. The molecule has 0 atom stereocenters. The first-order valence-electron chi connectivity index (χ1n) is 18.2. The average molecular weight is 664 g/mol. The molecule has 0 fully saturated rings. The molecule has 240 valence electrons. The average Bonchev–Trinajstić information content (AvgIpc) is 3.80. The number of pyridine rings is 1. The van der Waals surface area contributed by atoms with Crippen LogP contribution >= 0.6 is 11.3 Å². The summed E-state index contributed by atoms with van der Waals surface area (Å²) < 4.78 is 21.5. The van der Waals surface area contributed by atoms with Crippen LogP contribution in [0.2, 0.25) is 0 Å². The quantitative estimate of drug-likeness (QED) is 0.188. The summed E-state index contributed by atoms with van der Waals surface area (Å²) in [6.45, 7) is 9.23. The third kappa shape index (κ3) is 4.15. The second kappa shape index (κ2) is 10.7. The number of rotatable bonds is 4. The highest BCUT2D eigenvalue weighted by Gasteiger charge is 2.38. The van der Waals surface area contributed by atoms with Crippen molar-refractivity contribution >= 4 is 53.4 Å². The minimum Gasteiger partial charge on any atom is -0.292 e. The first-order valence-corrected chi connectivity index (χ1v) is 18.0. The van der Waals surface area contributed by atoms with Crippen LogP contribution in [0.5, 0.6) is 0 Å². The van der Waals surface area contributed by atoms with Crippen molar-refractivity contribution in [2.45, 2.75) is 39.5 Å². The first kappa shape index (κ1) is 27.3. The maximum atomic E-state index is 9.00. The Labute approximate surface area is 298 Å². The van der Waals surface area contributed by atoms with E-state index in [0.717, 1.165) is 53.5 Å². The minimum atomic E-state index is -1.72. The van der Waals surface area contributed by atoms with Crippen molar-refractivity contribution in [3.63, 3.8) is 0 Å². The minimum absolute atomic E-state index is 0.152. The van der Waals surface area contributed by atoms with Gasteiger partial charge in [0.2, 0.25) is 0 Å². The van der Waals surface area contributed by atoms with Crippen molar-refractivity contribution in [3.05, 3.63) is 161 Å². The van der Waals surface area contributed by atoms with Crippen LogP contribution in [0, 0.1) is 13.8 Å². The zero-order chi connectivity index (χ0) is 35.5. The number of imidazole rings is 1. The standard InChI is InChI=1S/C46H35N3S/c1-27-25-37-33-17-10-11-20-38(33)46(3,4)40(37)28(2)42(27)49-39-24-21-30-15-8-9-16-32(30)41(39)48-44(49)36-19-12-18-34-35-23-22-31(47-45(35)50-43(34)36)26-29-13-6-5-7-14-29/h5-25H,26H2,1-4H3/i26D2. The van der Waals surface area contributed by atoms with Gasteiger partial charge in [-0.05, 0) is 88.5 Å². The monoisotopic (exact) mass is 663 g/mol. The van der Waals surface area contributed by atoms with E-state index in [4.69, 9.17) is 12.7 Å². The summed E-state index contributed by atoms with van der Waals surface area (Å²) in [5.74, 6) is 0.891. The Balaban J connectivity index is 1.26. The molecule has 3 nitrogen and oxygen atoms in total. The van der Waals surface area contributed by atoms with Crippen LogP contribution < -0.4 is 0 Å². The topological polar surface area (TPSA) is 30.7 Å². The van der Waals surface area contributed by atoms with E-state index < -0.39 is 6.37 Å². The summed E-state index contributed by atoms with van der Waals surface area (Å²) in [4.78, 5) is 11.3. The van der Waals surface area contributed by atoms with E-state index >= 15 is 0 Å². The molecule has 50 heavy (non-hydrogen) atoms. The molecular formula is C46H35N3S. The number of hydrogen-bond donors (Lipinski definition) is 0. The zero-order valence-corrected chi connectivity index (χ0v) is 29.2. The Hall–Kier alpha value is -5.58. The van der Waals surface area contributed by atoms with Crippen molar-refractivity contribution in [1.82, 2.24) is 14.5 Å². The number of aromatic nitrogens is 3. The van der Waals surface area contributed by atoms with Gasteiger partial charge in [-0.2, -0.15) is 0 Å². The van der Waals surface area contributed by atoms with Gasteiger partial charge < -0.3 is 0 Å².